The fourth-order valence-electron chi connectivity index (χ4n) is 2.77. The predicted molar refractivity (Wildman–Crippen MR) is 80.8 cm³/mol. The lowest BCUT2D eigenvalue weighted by Gasteiger charge is -2.20. The number of fused-ring (bicyclic) bond motifs is 1. The molecule has 0 saturated heterocycles. The van der Waals surface area contributed by atoms with E-state index in [0.717, 1.165) is 31.6 Å². The molecule has 2 heterocycles. The molecule has 4 heteroatoms. The predicted octanol–water partition coefficient (Wildman–Crippen LogP) is 2.04. The SMILES string of the molecule is O=C(CCc1cnccn1)N1CCc2ccccc2CC1. The van der Waals surface area contributed by atoms with E-state index in [2.05, 4.69) is 34.2 Å². The normalized spacial score (nSPS) is 14.4. The standard InChI is InChI=1S/C17H19N3O/c21-17(6-5-16-13-18-9-10-19-16)20-11-7-14-3-1-2-4-15(14)8-12-20/h1-4,9-10,13H,5-8,11-12H2. The summed E-state index contributed by atoms with van der Waals surface area (Å²) in [5.74, 6) is 0.216. The van der Waals surface area contributed by atoms with Crippen molar-refractivity contribution in [3.8, 4) is 0 Å². The number of benzene rings is 1. The van der Waals surface area contributed by atoms with E-state index in [4.69, 9.17) is 0 Å². The lowest BCUT2D eigenvalue weighted by Crippen LogP contribution is -2.33. The van der Waals surface area contributed by atoms with E-state index in [1.165, 1.54) is 11.1 Å². The van der Waals surface area contributed by atoms with E-state index >= 15 is 0 Å². The first kappa shape index (κ1) is 13.7. The second-order valence-electron chi connectivity index (χ2n) is 5.35. The van der Waals surface area contributed by atoms with Crippen molar-refractivity contribution in [3.63, 3.8) is 0 Å². The first-order valence-corrected chi connectivity index (χ1v) is 7.42. The highest BCUT2D eigenvalue weighted by Gasteiger charge is 2.18. The number of aromatic nitrogens is 2. The topological polar surface area (TPSA) is 46.1 Å². The Hall–Kier alpha value is -2.23. The summed E-state index contributed by atoms with van der Waals surface area (Å²) in [6, 6.07) is 8.49. The molecule has 4 nitrogen and oxygen atoms in total. The summed E-state index contributed by atoms with van der Waals surface area (Å²) in [5, 5.41) is 0. The third kappa shape index (κ3) is 3.45. The Morgan fingerprint density at radius 1 is 1.10 bits per heavy atom. The third-order valence-corrected chi connectivity index (χ3v) is 3.98. The van der Waals surface area contributed by atoms with Crippen LogP contribution in [0.15, 0.2) is 42.9 Å². The zero-order valence-corrected chi connectivity index (χ0v) is 12.0. The van der Waals surface area contributed by atoms with Gasteiger partial charge in [-0.25, -0.2) is 0 Å². The minimum absolute atomic E-state index is 0.216. The van der Waals surface area contributed by atoms with E-state index in [1.54, 1.807) is 18.6 Å². The van der Waals surface area contributed by atoms with Crippen LogP contribution in [-0.4, -0.2) is 33.9 Å². The van der Waals surface area contributed by atoms with E-state index in [1.807, 2.05) is 4.90 Å². The number of aryl methyl sites for hydroxylation is 1. The first-order chi connectivity index (χ1) is 10.3. The molecule has 2 aromatic rings. The molecule has 0 spiro atoms. The smallest absolute Gasteiger partial charge is 0.222 e. The molecule has 0 fully saturated rings. The van der Waals surface area contributed by atoms with Crippen LogP contribution in [0.5, 0.6) is 0 Å². The van der Waals surface area contributed by atoms with Gasteiger partial charge in [0.15, 0.2) is 0 Å². The largest absolute Gasteiger partial charge is 0.342 e. The summed E-state index contributed by atoms with van der Waals surface area (Å²) in [6.45, 7) is 1.63. The number of hydrogen-bond donors (Lipinski definition) is 0. The molecule has 0 bridgehead atoms. The van der Waals surface area contributed by atoms with Crippen molar-refractivity contribution in [2.75, 3.05) is 13.1 Å². The fraction of sp³-hybridized carbons (Fsp3) is 0.353. The van der Waals surface area contributed by atoms with Crippen molar-refractivity contribution >= 4 is 5.91 Å². The van der Waals surface area contributed by atoms with Crippen molar-refractivity contribution < 1.29 is 4.79 Å². The maximum Gasteiger partial charge on any atom is 0.222 e. The van der Waals surface area contributed by atoms with Crippen LogP contribution in [-0.2, 0) is 24.1 Å². The van der Waals surface area contributed by atoms with E-state index in [-0.39, 0.29) is 5.91 Å². The van der Waals surface area contributed by atoms with Gasteiger partial charge in [-0.15, -0.1) is 0 Å². The van der Waals surface area contributed by atoms with Crippen molar-refractivity contribution in [1.29, 1.82) is 0 Å². The minimum atomic E-state index is 0.216. The molecule has 1 aliphatic heterocycles. The molecule has 0 N–H and O–H groups in total. The molecule has 0 radical (unpaired) electrons. The molecule has 3 rings (SSSR count). The van der Waals surface area contributed by atoms with E-state index < -0.39 is 0 Å². The molecule has 0 unspecified atom stereocenters. The highest BCUT2D eigenvalue weighted by Crippen LogP contribution is 2.16. The Bertz CT molecular complexity index is 585. The fourth-order valence-corrected chi connectivity index (χ4v) is 2.77. The van der Waals surface area contributed by atoms with Crippen LogP contribution in [0.4, 0.5) is 0 Å². The van der Waals surface area contributed by atoms with E-state index in [9.17, 15) is 4.79 Å². The summed E-state index contributed by atoms with van der Waals surface area (Å²) in [5.41, 5.74) is 3.63. The number of hydrogen-bond acceptors (Lipinski definition) is 3. The number of carbonyl (C=O) groups is 1. The maximum absolute atomic E-state index is 12.4. The first-order valence-electron chi connectivity index (χ1n) is 7.42. The molecule has 1 aromatic heterocycles. The van der Waals surface area contributed by atoms with Gasteiger partial charge in [-0.3, -0.25) is 14.8 Å². The summed E-state index contributed by atoms with van der Waals surface area (Å²) in [4.78, 5) is 22.6. The van der Waals surface area contributed by atoms with Crippen LogP contribution >= 0.6 is 0 Å². The zero-order chi connectivity index (χ0) is 14.5. The number of amides is 1. The zero-order valence-electron chi connectivity index (χ0n) is 12.0. The minimum Gasteiger partial charge on any atom is -0.342 e. The van der Waals surface area contributed by atoms with Crippen molar-refractivity contribution in [2.45, 2.75) is 25.7 Å². The van der Waals surface area contributed by atoms with Gasteiger partial charge in [-0.2, -0.15) is 0 Å². The quantitative estimate of drug-likeness (QED) is 0.865. The van der Waals surface area contributed by atoms with Gasteiger partial charge < -0.3 is 4.90 Å². The van der Waals surface area contributed by atoms with Gasteiger partial charge in [0.25, 0.3) is 0 Å². The van der Waals surface area contributed by atoms with E-state index in [0.29, 0.717) is 12.8 Å². The third-order valence-electron chi connectivity index (χ3n) is 3.98. The molecule has 0 aliphatic carbocycles. The molecule has 1 amide bonds. The van der Waals surface area contributed by atoms with Crippen molar-refractivity contribution in [1.82, 2.24) is 14.9 Å². The summed E-state index contributed by atoms with van der Waals surface area (Å²) in [7, 11) is 0. The second-order valence-corrected chi connectivity index (χ2v) is 5.35. The summed E-state index contributed by atoms with van der Waals surface area (Å²) >= 11 is 0. The number of carbonyl (C=O) groups excluding carboxylic acids is 1. The van der Waals surface area contributed by atoms with Crippen LogP contribution in [0.1, 0.15) is 23.2 Å². The Balaban J connectivity index is 1.57. The van der Waals surface area contributed by atoms with Crippen molar-refractivity contribution in [2.24, 2.45) is 0 Å². The van der Waals surface area contributed by atoms with Gasteiger partial charge in [0.1, 0.15) is 0 Å². The molecule has 1 aromatic carbocycles. The lowest BCUT2D eigenvalue weighted by molar-refractivity contribution is -0.131. The van der Waals surface area contributed by atoms with Gasteiger partial charge in [-0.05, 0) is 30.4 Å². The highest BCUT2D eigenvalue weighted by atomic mass is 16.2. The Morgan fingerprint density at radius 2 is 1.81 bits per heavy atom. The monoisotopic (exact) mass is 281 g/mol. The molecular formula is C17H19N3O. The lowest BCUT2D eigenvalue weighted by atomic mass is 10.0. The highest BCUT2D eigenvalue weighted by molar-refractivity contribution is 5.76. The van der Waals surface area contributed by atoms with Crippen LogP contribution in [0.25, 0.3) is 0 Å². The average Bonchev–Trinajstić information content (AvgIpc) is 2.76. The summed E-state index contributed by atoms with van der Waals surface area (Å²) in [6.07, 6.45) is 8.12. The van der Waals surface area contributed by atoms with Crippen LogP contribution in [0, 0.1) is 0 Å². The maximum atomic E-state index is 12.4. The number of nitrogens with zero attached hydrogens (tertiary/aromatic N) is 3. The molecule has 0 saturated carbocycles. The number of rotatable bonds is 3. The Labute approximate surface area is 124 Å². The second kappa shape index (κ2) is 6.48. The van der Waals surface area contributed by atoms with Crippen LogP contribution < -0.4 is 0 Å². The molecule has 0 atom stereocenters. The Morgan fingerprint density at radius 3 is 2.43 bits per heavy atom. The van der Waals surface area contributed by atoms with Crippen LogP contribution in [0.2, 0.25) is 0 Å². The van der Waals surface area contributed by atoms with Crippen LogP contribution in [0.3, 0.4) is 0 Å². The van der Waals surface area contributed by atoms with Gasteiger partial charge in [0.2, 0.25) is 5.91 Å². The Kier molecular flexibility index (Phi) is 4.24. The van der Waals surface area contributed by atoms with Gasteiger partial charge >= 0.3 is 0 Å². The average molecular weight is 281 g/mol. The van der Waals surface area contributed by atoms with Crippen molar-refractivity contribution in [3.05, 3.63) is 59.7 Å². The van der Waals surface area contributed by atoms with Gasteiger partial charge in [-0.1, -0.05) is 24.3 Å². The molecule has 1 aliphatic rings. The molecule has 108 valence electrons. The molecule has 21 heavy (non-hydrogen) atoms. The summed E-state index contributed by atoms with van der Waals surface area (Å²) < 4.78 is 0. The molecular weight excluding hydrogens is 262 g/mol. The van der Waals surface area contributed by atoms with Gasteiger partial charge in [0.05, 0.1) is 5.69 Å². The van der Waals surface area contributed by atoms with Gasteiger partial charge in [0, 0.05) is 38.1 Å².